The van der Waals surface area contributed by atoms with Crippen molar-refractivity contribution in [3.05, 3.63) is 29.8 Å². The van der Waals surface area contributed by atoms with Gasteiger partial charge in [0.15, 0.2) is 0 Å². The average molecular weight is 265 g/mol. The number of pyridine rings is 1. The summed E-state index contributed by atoms with van der Waals surface area (Å²) in [5.41, 5.74) is 0.925. The highest BCUT2D eigenvalue weighted by Gasteiger charge is 2.18. The van der Waals surface area contributed by atoms with Gasteiger partial charge in [0.2, 0.25) is 0 Å². The molecule has 2 heterocycles. The number of halogens is 1. The summed E-state index contributed by atoms with van der Waals surface area (Å²) >= 11 is 0. The Bertz CT molecular complexity index is 379. The molecule has 1 aliphatic heterocycles. The maximum atomic E-state index is 12.9. The third-order valence-electron chi connectivity index (χ3n) is 3.93. The van der Waals surface area contributed by atoms with E-state index in [9.17, 15) is 4.39 Å². The largest absolute Gasteiger partial charge is 0.312 e. The van der Waals surface area contributed by atoms with Gasteiger partial charge in [-0.3, -0.25) is 4.98 Å². The van der Waals surface area contributed by atoms with Crippen molar-refractivity contribution in [1.29, 1.82) is 0 Å². The Hall–Kier alpha value is -1.00. The minimum Gasteiger partial charge on any atom is -0.312 e. The van der Waals surface area contributed by atoms with Crippen LogP contribution in [0.25, 0.3) is 0 Å². The topological polar surface area (TPSA) is 28.2 Å². The van der Waals surface area contributed by atoms with Crippen molar-refractivity contribution in [2.75, 3.05) is 26.7 Å². The van der Waals surface area contributed by atoms with Crippen molar-refractivity contribution in [1.82, 2.24) is 15.2 Å². The maximum Gasteiger partial charge on any atom is 0.141 e. The minimum atomic E-state index is -0.275. The lowest BCUT2D eigenvalue weighted by Gasteiger charge is -2.31. The van der Waals surface area contributed by atoms with Crippen LogP contribution in [0.1, 0.15) is 37.9 Å². The number of likely N-dealkylation sites (tertiary alicyclic amines) is 1. The lowest BCUT2D eigenvalue weighted by molar-refractivity contribution is 0.176. The Balaban J connectivity index is 1.87. The fraction of sp³-hybridized carbons (Fsp3) is 0.667. The third kappa shape index (κ3) is 4.25. The standard InChI is InChI=1S/C15H24FN3/c1-12-4-3-8-19(11-12)9-7-14(17-2)15-6-5-13(16)10-18-15/h5-6,10,12,14,17H,3-4,7-9,11H2,1-2H3. The molecule has 1 aromatic rings. The summed E-state index contributed by atoms with van der Waals surface area (Å²) in [4.78, 5) is 6.70. The summed E-state index contributed by atoms with van der Waals surface area (Å²) in [5.74, 6) is 0.536. The molecule has 0 bridgehead atoms. The third-order valence-corrected chi connectivity index (χ3v) is 3.93. The fourth-order valence-electron chi connectivity index (χ4n) is 2.83. The Labute approximate surface area is 115 Å². The van der Waals surface area contributed by atoms with Crippen LogP contribution in [-0.4, -0.2) is 36.6 Å². The molecule has 0 amide bonds. The van der Waals surface area contributed by atoms with Gasteiger partial charge in [-0.05, 0) is 50.9 Å². The highest BCUT2D eigenvalue weighted by Crippen LogP contribution is 2.19. The smallest absolute Gasteiger partial charge is 0.141 e. The zero-order valence-electron chi connectivity index (χ0n) is 11.9. The van der Waals surface area contributed by atoms with E-state index in [4.69, 9.17) is 0 Å². The number of nitrogens with one attached hydrogen (secondary N) is 1. The van der Waals surface area contributed by atoms with Crippen molar-refractivity contribution in [3.8, 4) is 0 Å². The van der Waals surface area contributed by atoms with E-state index in [1.165, 1.54) is 38.2 Å². The summed E-state index contributed by atoms with van der Waals surface area (Å²) < 4.78 is 12.9. The summed E-state index contributed by atoms with van der Waals surface area (Å²) in [6, 6.07) is 3.46. The molecule has 0 radical (unpaired) electrons. The molecule has 0 aliphatic carbocycles. The molecule has 2 atom stereocenters. The number of piperidine rings is 1. The molecule has 1 saturated heterocycles. The SMILES string of the molecule is CNC(CCN1CCCC(C)C1)c1ccc(F)cn1. The van der Waals surface area contributed by atoms with Gasteiger partial charge < -0.3 is 10.2 Å². The molecular formula is C15H24FN3. The first-order valence-electron chi connectivity index (χ1n) is 7.20. The summed E-state index contributed by atoms with van der Waals surface area (Å²) in [6.45, 7) is 5.81. The molecule has 1 N–H and O–H groups in total. The molecule has 1 aliphatic rings. The van der Waals surface area contributed by atoms with E-state index in [1.54, 1.807) is 6.07 Å². The van der Waals surface area contributed by atoms with Crippen molar-refractivity contribution >= 4 is 0 Å². The van der Waals surface area contributed by atoms with Gasteiger partial charge in [-0.1, -0.05) is 6.92 Å². The summed E-state index contributed by atoms with van der Waals surface area (Å²) in [7, 11) is 1.94. The van der Waals surface area contributed by atoms with Crippen LogP contribution in [0.3, 0.4) is 0 Å². The van der Waals surface area contributed by atoms with E-state index in [1.807, 2.05) is 7.05 Å². The molecule has 0 aromatic carbocycles. The highest BCUT2D eigenvalue weighted by molar-refractivity contribution is 5.09. The van der Waals surface area contributed by atoms with E-state index in [-0.39, 0.29) is 11.9 Å². The molecule has 2 rings (SSSR count). The average Bonchev–Trinajstić information content (AvgIpc) is 2.41. The second kappa shape index (κ2) is 6.96. The molecule has 106 valence electrons. The number of hydrogen-bond donors (Lipinski definition) is 1. The molecule has 1 fully saturated rings. The molecule has 2 unspecified atom stereocenters. The van der Waals surface area contributed by atoms with Crippen molar-refractivity contribution in [2.24, 2.45) is 5.92 Å². The minimum absolute atomic E-state index is 0.206. The number of rotatable bonds is 5. The first-order chi connectivity index (χ1) is 9.19. The van der Waals surface area contributed by atoms with Crippen molar-refractivity contribution < 1.29 is 4.39 Å². The number of nitrogens with zero attached hydrogens (tertiary/aromatic N) is 2. The monoisotopic (exact) mass is 265 g/mol. The normalized spacial score (nSPS) is 22.4. The zero-order chi connectivity index (χ0) is 13.7. The second-order valence-corrected chi connectivity index (χ2v) is 5.58. The predicted octanol–water partition coefficient (Wildman–Crippen LogP) is 2.60. The Morgan fingerprint density at radius 1 is 1.53 bits per heavy atom. The molecule has 3 nitrogen and oxygen atoms in total. The Morgan fingerprint density at radius 2 is 2.37 bits per heavy atom. The van der Waals surface area contributed by atoms with E-state index >= 15 is 0 Å². The fourth-order valence-corrected chi connectivity index (χ4v) is 2.83. The maximum absolute atomic E-state index is 12.9. The van der Waals surface area contributed by atoms with Crippen LogP contribution in [0.2, 0.25) is 0 Å². The molecule has 19 heavy (non-hydrogen) atoms. The highest BCUT2D eigenvalue weighted by atomic mass is 19.1. The Kier molecular flexibility index (Phi) is 5.28. The van der Waals surface area contributed by atoms with Crippen molar-refractivity contribution in [2.45, 2.75) is 32.2 Å². The second-order valence-electron chi connectivity index (χ2n) is 5.58. The van der Waals surface area contributed by atoms with Gasteiger partial charge in [-0.25, -0.2) is 4.39 Å². The molecule has 0 spiro atoms. The number of aromatic nitrogens is 1. The Morgan fingerprint density at radius 3 is 3.00 bits per heavy atom. The van der Waals surface area contributed by atoms with Crippen LogP contribution in [0.15, 0.2) is 18.3 Å². The summed E-state index contributed by atoms with van der Waals surface area (Å²) in [6.07, 6.45) is 4.97. The van der Waals surface area contributed by atoms with Crippen LogP contribution in [0.5, 0.6) is 0 Å². The van der Waals surface area contributed by atoms with Gasteiger partial charge in [0.05, 0.1) is 17.9 Å². The van der Waals surface area contributed by atoms with Crippen LogP contribution in [-0.2, 0) is 0 Å². The van der Waals surface area contributed by atoms with Gasteiger partial charge in [0, 0.05) is 13.1 Å². The lowest BCUT2D eigenvalue weighted by atomic mass is 9.99. The first-order valence-corrected chi connectivity index (χ1v) is 7.20. The predicted molar refractivity (Wildman–Crippen MR) is 75.5 cm³/mol. The molecule has 4 heteroatoms. The van der Waals surface area contributed by atoms with E-state index in [2.05, 4.69) is 22.1 Å². The quantitative estimate of drug-likeness (QED) is 0.887. The lowest BCUT2D eigenvalue weighted by Crippen LogP contribution is -2.36. The van der Waals surface area contributed by atoms with Gasteiger partial charge in [-0.15, -0.1) is 0 Å². The van der Waals surface area contributed by atoms with Crippen LogP contribution >= 0.6 is 0 Å². The van der Waals surface area contributed by atoms with Gasteiger partial charge in [0.25, 0.3) is 0 Å². The molecule has 1 aromatic heterocycles. The van der Waals surface area contributed by atoms with E-state index in [0.717, 1.165) is 24.6 Å². The van der Waals surface area contributed by atoms with Gasteiger partial charge in [0.1, 0.15) is 5.82 Å². The van der Waals surface area contributed by atoms with Crippen molar-refractivity contribution in [3.63, 3.8) is 0 Å². The van der Waals surface area contributed by atoms with Crippen LogP contribution in [0.4, 0.5) is 4.39 Å². The molecular weight excluding hydrogens is 241 g/mol. The van der Waals surface area contributed by atoms with Gasteiger partial charge >= 0.3 is 0 Å². The van der Waals surface area contributed by atoms with Crippen LogP contribution < -0.4 is 5.32 Å². The molecule has 0 saturated carbocycles. The number of hydrogen-bond acceptors (Lipinski definition) is 3. The van der Waals surface area contributed by atoms with E-state index < -0.39 is 0 Å². The first kappa shape index (κ1) is 14.4. The van der Waals surface area contributed by atoms with E-state index in [0.29, 0.717) is 0 Å². The van der Waals surface area contributed by atoms with Crippen LogP contribution in [0, 0.1) is 11.7 Å². The summed E-state index contributed by atoms with van der Waals surface area (Å²) in [5, 5.41) is 3.28. The zero-order valence-corrected chi connectivity index (χ0v) is 11.9. The van der Waals surface area contributed by atoms with Gasteiger partial charge in [-0.2, -0.15) is 0 Å².